The number of nitrogens with one attached hydrogen (secondary N) is 1. The maximum Gasteiger partial charge on any atom is 0.280 e. The fourth-order valence-corrected chi connectivity index (χ4v) is 4.30. The number of nitrogens with zero attached hydrogens (tertiary/aromatic N) is 5. The number of pyridine rings is 2. The Morgan fingerprint density at radius 1 is 1.25 bits per heavy atom. The van der Waals surface area contributed by atoms with Crippen LogP contribution in [0.3, 0.4) is 0 Å². The van der Waals surface area contributed by atoms with Gasteiger partial charge in [-0.3, -0.25) is 9.99 Å². The van der Waals surface area contributed by atoms with E-state index in [-0.39, 0.29) is 12.6 Å². The molecule has 0 aromatic carbocycles. The third-order valence-corrected chi connectivity index (χ3v) is 6.49. The molecule has 32 heavy (non-hydrogen) atoms. The van der Waals surface area contributed by atoms with E-state index in [1.807, 2.05) is 32.2 Å². The molecule has 1 aliphatic heterocycles. The SMILES string of the molecule is CC/C(=N\N(C)c1ccc(N2CCC(NC3CCC3)C(F)(F)C2)nc1)c1cccnc1C. The first kappa shape index (κ1) is 22.6. The summed E-state index contributed by atoms with van der Waals surface area (Å²) in [5.74, 6) is -2.20. The Hall–Kier alpha value is -2.61. The molecule has 4 rings (SSSR count). The van der Waals surface area contributed by atoms with Crippen molar-refractivity contribution < 1.29 is 8.78 Å². The van der Waals surface area contributed by atoms with Crippen LogP contribution in [0.2, 0.25) is 0 Å². The number of alkyl halides is 2. The maximum absolute atomic E-state index is 14.7. The van der Waals surface area contributed by atoms with Gasteiger partial charge in [-0.05, 0) is 56.9 Å². The number of aryl methyl sites for hydroxylation is 1. The molecule has 0 spiro atoms. The highest BCUT2D eigenvalue weighted by molar-refractivity contribution is 6.01. The molecule has 6 nitrogen and oxygen atoms in total. The van der Waals surface area contributed by atoms with Crippen molar-refractivity contribution in [1.29, 1.82) is 0 Å². The van der Waals surface area contributed by atoms with Crippen LogP contribution in [0.4, 0.5) is 20.3 Å². The molecule has 2 aromatic heterocycles. The second kappa shape index (κ2) is 9.48. The molecule has 1 unspecified atom stereocenters. The lowest BCUT2D eigenvalue weighted by atomic mass is 9.90. The monoisotopic (exact) mass is 442 g/mol. The van der Waals surface area contributed by atoms with Crippen LogP contribution in [0.1, 0.15) is 50.3 Å². The minimum Gasteiger partial charge on any atom is -0.350 e. The van der Waals surface area contributed by atoms with Gasteiger partial charge >= 0.3 is 0 Å². The van der Waals surface area contributed by atoms with Crippen molar-refractivity contribution in [3.8, 4) is 0 Å². The van der Waals surface area contributed by atoms with Crippen LogP contribution in [-0.4, -0.2) is 53.8 Å². The number of piperidine rings is 1. The molecular formula is C24H32F2N6. The molecule has 1 atom stereocenters. The molecule has 2 aliphatic rings. The molecule has 0 bridgehead atoms. The molecule has 0 radical (unpaired) electrons. The van der Waals surface area contributed by atoms with Gasteiger partial charge in [-0.1, -0.05) is 13.3 Å². The summed E-state index contributed by atoms with van der Waals surface area (Å²) in [6, 6.07) is 7.12. The highest BCUT2D eigenvalue weighted by Crippen LogP contribution is 2.32. The predicted molar refractivity (Wildman–Crippen MR) is 125 cm³/mol. The summed E-state index contributed by atoms with van der Waals surface area (Å²) < 4.78 is 29.5. The van der Waals surface area contributed by atoms with Gasteiger partial charge in [0.1, 0.15) is 5.82 Å². The Morgan fingerprint density at radius 2 is 2.06 bits per heavy atom. The normalized spacial score (nSPS) is 21.3. The zero-order valence-corrected chi connectivity index (χ0v) is 19.1. The first-order chi connectivity index (χ1) is 15.4. The fraction of sp³-hybridized carbons (Fsp3) is 0.542. The topological polar surface area (TPSA) is 56.6 Å². The standard InChI is InChI=1S/C24H32F2N6/c1-4-21(20-9-6-13-27-17(20)2)30-31(3)19-10-11-23(28-15-19)32-14-12-22(24(25,26)16-32)29-18-7-5-8-18/h6,9-11,13,15,18,22,29H,4-5,7-8,12,14,16H2,1-3H3/b30-21+. The second-order valence-electron chi connectivity index (χ2n) is 8.75. The molecule has 1 saturated carbocycles. The van der Waals surface area contributed by atoms with Gasteiger partial charge in [0.15, 0.2) is 0 Å². The van der Waals surface area contributed by atoms with Gasteiger partial charge in [0.05, 0.1) is 30.2 Å². The highest BCUT2D eigenvalue weighted by atomic mass is 19.3. The van der Waals surface area contributed by atoms with E-state index >= 15 is 0 Å². The van der Waals surface area contributed by atoms with Crippen molar-refractivity contribution in [2.45, 2.75) is 64.0 Å². The molecule has 3 heterocycles. The minimum absolute atomic E-state index is 0.259. The Balaban J connectivity index is 1.43. The Kier molecular flexibility index (Phi) is 6.69. The van der Waals surface area contributed by atoms with Crippen molar-refractivity contribution >= 4 is 17.2 Å². The van der Waals surface area contributed by atoms with Crippen LogP contribution < -0.4 is 15.2 Å². The number of anilines is 2. The highest BCUT2D eigenvalue weighted by Gasteiger charge is 2.46. The smallest absolute Gasteiger partial charge is 0.280 e. The lowest BCUT2D eigenvalue weighted by Gasteiger charge is -2.42. The Labute approximate surface area is 188 Å². The first-order valence-electron chi connectivity index (χ1n) is 11.5. The lowest BCUT2D eigenvalue weighted by Crippen LogP contribution is -2.60. The molecule has 172 valence electrons. The summed E-state index contributed by atoms with van der Waals surface area (Å²) >= 11 is 0. The van der Waals surface area contributed by atoms with Gasteiger partial charge in [-0.25, -0.2) is 13.8 Å². The van der Waals surface area contributed by atoms with Crippen LogP contribution in [0.15, 0.2) is 41.8 Å². The van der Waals surface area contributed by atoms with Crippen molar-refractivity contribution in [2.24, 2.45) is 5.10 Å². The molecule has 2 fully saturated rings. The number of aromatic nitrogens is 2. The predicted octanol–water partition coefficient (Wildman–Crippen LogP) is 4.39. The summed E-state index contributed by atoms with van der Waals surface area (Å²) in [6.45, 7) is 4.29. The summed E-state index contributed by atoms with van der Waals surface area (Å²) in [4.78, 5) is 10.5. The number of rotatable bonds is 7. The largest absolute Gasteiger partial charge is 0.350 e. The molecular weight excluding hydrogens is 410 g/mol. The number of halogens is 2. The van der Waals surface area contributed by atoms with Crippen LogP contribution in [0.5, 0.6) is 0 Å². The lowest BCUT2D eigenvalue weighted by molar-refractivity contribution is -0.0491. The maximum atomic E-state index is 14.7. The van der Waals surface area contributed by atoms with E-state index in [9.17, 15) is 8.78 Å². The zero-order valence-electron chi connectivity index (χ0n) is 19.1. The van der Waals surface area contributed by atoms with E-state index < -0.39 is 12.0 Å². The number of hydrogen-bond acceptors (Lipinski definition) is 6. The van der Waals surface area contributed by atoms with E-state index in [1.54, 1.807) is 28.4 Å². The van der Waals surface area contributed by atoms with Crippen molar-refractivity contribution in [1.82, 2.24) is 15.3 Å². The molecule has 1 aliphatic carbocycles. The zero-order chi connectivity index (χ0) is 22.7. The first-order valence-corrected chi connectivity index (χ1v) is 11.5. The molecule has 1 N–H and O–H groups in total. The molecule has 1 saturated heterocycles. The fourth-order valence-electron chi connectivity index (χ4n) is 4.30. The van der Waals surface area contributed by atoms with Crippen LogP contribution in [0.25, 0.3) is 0 Å². The summed E-state index contributed by atoms with van der Waals surface area (Å²) in [5, 5.41) is 9.67. The van der Waals surface area contributed by atoms with E-state index in [1.165, 1.54) is 0 Å². The Bertz CT molecular complexity index is 942. The van der Waals surface area contributed by atoms with Gasteiger partial charge in [0.25, 0.3) is 5.92 Å². The third kappa shape index (κ3) is 4.90. The van der Waals surface area contributed by atoms with Crippen LogP contribution in [-0.2, 0) is 0 Å². The Morgan fingerprint density at radius 3 is 2.66 bits per heavy atom. The van der Waals surface area contributed by atoms with Crippen molar-refractivity contribution in [3.63, 3.8) is 0 Å². The van der Waals surface area contributed by atoms with Gasteiger partial charge in [-0.2, -0.15) is 5.10 Å². The average molecular weight is 443 g/mol. The summed E-state index contributed by atoms with van der Waals surface area (Å²) in [5.41, 5.74) is 3.69. The summed E-state index contributed by atoms with van der Waals surface area (Å²) in [6.07, 6.45) is 7.80. The van der Waals surface area contributed by atoms with E-state index in [4.69, 9.17) is 5.10 Å². The van der Waals surface area contributed by atoms with Crippen molar-refractivity contribution in [3.05, 3.63) is 47.9 Å². The minimum atomic E-state index is -2.77. The molecule has 8 heteroatoms. The van der Waals surface area contributed by atoms with E-state index in [2.05, 4.69) is 22.2 Å². The number of hydrazone groups is 1. The van der Waals surface area contributed by atoms with E-state index in [0.717, 1.165) is 48.3 Å². The van der Waals surface area contributed by atoms with Gasteiger partial charge in [0, 0.05) is 37.1 Å². The quantitative estimate of drug-likeness (QED) is 0.509. The summed E-state index contributed by atoms with van der Waals surface area (Å²) in [7, 11) is 1.86. The second-order valence-corrected chi connectivity index (χ2v) is 8.75. The van der Waals surface area contributed by atoms with Gasteiger partial charge in [-0.15, -0.1) is 0 Å². The van der Waals surface area contributed by atoms with E-state index in [0.29, 0.717) is 18.8 Å². The van der Waals surface area contributed by atoms with Gasteiger partial charge in [0.2, 0.25) is 0 Å². The van der Waals surface area contributed by atoms with Crippen LogP contribution >= 0.6 is 0 Å². The van der Waals surface area contributed by atoms with Crippen molar-refractivity contribution in [2.75, 3.05) is 30.0 Å². The van der Waals surface area contributed by atoms with Gasteiger partial charge < -0.3 is 10.2 Å². The molecule has 2 aromatic rings. The third-order valence-electron chi connectivity index (χ3n) is 6.49. The molecule has 0 amide bonds. The van der Waals surface area contributed by atoms with Crippen LogP contribution in [0, 0.1) is 6.92 Å². The average Bonchev–Trinajstić information content (AvgIpc) is 2.75. The number of hydrogen-bond donors (Lipinski definition) is 1.